The van der Waals surface area contributed by atoms with Crippen LogP contribution in [-0.2, 0) is 9.53 Å². The molecule has 0 fully saturated rings. The fourth-order valence-corrected chi connectivity index (χ4v) is 3.33. The van der Waals surface area contributed by atoms with Crippen molar-refractivity contribution in [3.8, 4) is 5.75 Å². The summed E-state index contributed by atoms with van der Waals surface area (Å²) in [5, 5.41) is 17.0. The first-order valence-electron chi connectivity index (χ1n) is 10.3. The molecule has 172 valence electrons. The summed E-state index contributed by atoms with van der Waals surface area (Å²) < 4.78 is 10.6. The molecule has 0 aliphatic heterocycles. The van der Waals surface area contributed by atoms with Crippen molar-refractivity contribution in [2.45, 2.75) is 52.3 Å². The zero-order chi connectivity index (χ0) is 23.8. The second kappa shape index (κ2) is 11.1. The van der Waals surface area contributed by atoms with Gasteiger partial charge >= 0.3 is 12.0 Å². The molecular weight excluding hydrogens is 414 g/mol. The van der Waals surface area contributed by atoms with Crippen LogP contribution in [-0.4, -0.2) is 30.1 Å². The molecule has 2 atom stereocenters. The van der Waals surface area contributed by atoms with Crippen LogP contribution in [0.1, 0.15) is 56.0 Å². The van der Waals surface area contributed by atoms with Crippen molar-refractivity contribution in [2.75, 3.05) is 7.11 Å². The molecule has 0 radical (unpaired) electrons. The van der Waals surface area contributed by atoms with E-state index in [2.05, 4.69) is 10.6 Å². The standard InChI is InChI=1S/C23H29N3O6/c1-14(2)32-22(27)13-19(17-8-6-7-9-20(17)26(29)30)25-23(28)24-16(4)18-12-15(3)10-11-21(18)31-5/h6-12,14,16,19H,13H2,1-5H3,(H2,24,25,28)/t16-,19-/m0/s1. The lowest BCUT2D eigenvalue weighted by molar-refractivity contribution is -0.385. The molecule has 0 spiro atoms. The quantitative estimate of drug-likeness (QED) is 0.338. The first kappa shape index (κ1) is 24.6. The molecule has 2 rings (SSSR count). The van der Waals surface area contributed by atoms with Gasteiger partial charge in [0.2, 0.25) is 0 Å². The Balaban J connectivity index is 2.25. The maximum Gasteiger partial charge on any atom is 0.315 e. The summed E-state index contributed by atoms with van der Waals surface area (Å²) in [5.41, 5.74) is 1.81. The van der Waals surface area contributed by atoms with Gasteiger partial charge in [-0.25, -0.2) is 4.79 Å². The first-order chi connectivity index (χ1) is 15.1. The Morgan fingerprint density at radius 2 is 1.75 bits per heavy atom. The molecule has 2 N–H and O–H groups in total. The Kier molecular flexibility index (Phi) is 8.57. The van der Waals surface area contributed by atoms with Crippen LogP contribution >= 0.6 is 0 Å². The number of nitro groups is 1. The Hall–Kier alpha value is -3.62. The van der Waals surface area contributed by atoms with E-state index < -0.39 is 29.0 Å². The van der Waals surface area contributed by atoms with Gasteiger partial charge in [0.1, 0.15) is 5.75 Å². The number of methoxy groups -OCH3 is 1. The lowest BCUT2D eigenvalue weighted by atomic mass is 10.0. The van der Waals surface area contributed by atoms with Gasteiger partial charge in [-0.2, -0.15) is 0 Å². The Morgan fingerprint density at radius 3 is 2.38 bits per heavy atom. The van der Waals surface area contributed by atoms with E-state index in [-0.39, 0.29) is 23.8 Å². The van der Waals surface area contributed by atoms with Crippen LogP contribution in [0.15, 0.2) is 42.5 Å². The lowest BCUT2D eigenvalue weighted by Crippen LogP contribution is -2.40. The molecule has 32 heavy (non-hydrogen) atoms. The largest absolute Gasteiger partial charge is 0.496 e. The molecule has 0 heterocycles. The van der Waals surface area contributed by atoms with E-state index >= 15 is 0 Å². The monoisotopic (exact) mass is 443 g/mol. The van der Waals surface area contributed by atoms with E-state index in [9.17, 15) is 19.7 Å². The number of ether oxygens (including phenoxy) is 2. The van der Waals surface area contributed by atoms with E-state index in [0.29, 0.717) is 5.75 Å². The van der Waals surface area contributed by atoms with Crippen LogP contribution in [0.25, 0.3) is 0 Å². The molecule has 9 heteroatoms. The highest BCUT2D eigenvalue weighted by Crippen LogP contribution is 2.29. The summed E-state index contributed by atoms with van der Waals surface area (Å²) >= 11 is 0. The molecule has 0 bridgehead atoms. The number of hydrogen-bond acceptors (Lipinski definition) is 6. The van der Waals surface area contributed by atoms with Gasteiger partial charge in [0.25, 0.3) is 5.69 Å². The number of urea groups is 1. The molecule has 0 aromatic heterocycles. The number of carbonyl (C=O) groups excluding carboxylic acids is 2. The second-order valence-corrected chi connectivity index (χ2v) is 7.70. The van der Waals surface area contributed by atoms with Gasteiger partial charge in [-0.1, -0.05) is 35.9 Å². The second-order valence-electron chi connectivity index (χ2n) is 7.70. The molecule has 2 aromatic rings. The molecular formula is C23H29N3O6. The third-order valence-electron chi connectivity index (χ3n) is 4.75. The van der Waals surface area contributed by atoms with Crippen molar-refractivity contribution in [1.82, 2.24) is 10.6 Å². The minimum absolute atomic E-state index is 0.191. The van der Waals surface area contributed by atoms with Gasteiger partial charge < -0.3 is 20.1 Å². The smallest absolute Gasteiger partial charge is 0.315 e. The van der Waals surface area contributed by atoms with Gasteiger partial charge in [-0.15, -0.1) is 0 Å². The highest BCUT2D eigenvalue weighted by Gasteiger charge is 2.27. The number of nitrogens with one attached hydrogen (secondary N) is 2. The number of rotatable bonds is 9. The minimum atomic E-state index is -0.950. The van der Waals surface area contributed by atoms with E-state index in [1.54, 1.807) is 33.9 Å². The normalized spacial score (nSPS) is 12.6. The SMILES string of the molecule is COc1ccc(C)cc1[C@H](C)NC(=O)N[C@@H](CC(=O)OC(C)C)c1ccccc1[N+](=O)[O-]. The molecule has 2 aromatic carbocycles. The van der Waals surface area contributed by atoms with Crippen molar-refractivity contribution in [2.24, 2.45) is 0 Å². The Morgan fingerprint density at radius 1 is 1.06 bits per heavy atom. The predicted molar refractivity (Wildman–Crippen MR) is 119 cm³/mol. The van der Waals surface area contributed by atoms with Gasteiger partial charge in [-0.3, -0.25) is 14.9 Å². The molecule has 0 saturated heterocycles. The number of benzene rings is 2. The summed E-state index contributed by atoms with van der Waals surface area (Å²) in [5.74, 6) is 0.0519. The molecule has 0 aliphatic rings. The lowest BCUT2D eigenvalue weighted by Gasteiger charge is -2.22. The van der Waals surface area contributed by atoms with Crippen LogP contribution in [0.5, 0.6) is 5.75 Å². The fraction of sp³-hybridized carbons (Fsp3) is 0.391. The average Bonchev–Trinajstić information content (AvgIpc) is 2.72. The van der Waals surface area contributed by atoms with Crippen LogP contribution < -0.4 is 15.4 Å². The predicted octanol–water partition coefficient (Wildman–Crippen LogP) is 4.36. The third kappa shape index (κ3) is 6.69. The number of aryl methyl sites for hydroxylation is 1. The van der Waals surface area contributed by atoms with Crippen LogP contribution in [0.3, 0.4) is 0 Å². The molecule has 0 saturated carbocycles. The summed E-state index contributed by atoms with van der Waals surface area (Å²) in [4.78, 5) is 36.0. The third-order valence-corrected chi connectivity index (χ3v) is 4.75. The number of para-hydroxylation sites is 1. The van der Waals surface area contributed by atoms with Crippen LogP contribution in [0.2, 0.25) is 0 Å². The summed E-state index contributed by atoms with van der Waals surface area (Å²) in [6.45, 7) is 7.13. The summed E-state index contributed by atoms with van der Waals surface area (Å²) in [7, 11) is 1.55. The summed E-state index contributed by atoms with van der Waals surface area (Å²) in [6, 6.07) is 9.66. The van der Waals surface area contributed by atoms with Crippen LogP contribution in [0, 0.1) is 17.0 Å². The van der Waals surface area contributed by atoms with Crippen molar-refractivity contribution < 1.29 is 24.0 Å². The minimum Gasteiger partial charge on any atom is -0.496 e. The van der Waals surface area contributed by atoms with Crippen molar-refractivity contribution in [3.05, 3.63) is 69.3 Å². The number of nitro benzene ring substituents is 1. The number of esters is 1. The molecule has 0 unspecified atom stereocenters. The molecule has 0 aliphatic carbocycles. The highest BCUT2D eigenvalue weighted by molar-refractivity contribution is 5.77. The first-order valence-corrected chi connectivity index (χ1v) is 10.3. The van der Waals surface area contributed by atoms with E-state index in [0.717, 1.165) is 11.1 Å². The zero-order valence-corrected chi connectivity index (χ0v) is 18.9. The fourth-order valence-electron chi connectivity index (χ4n) is 3.33. The Bertz CT molecular complexity index is 976. The zero-order valence-electron chi connectivity index (χ0n) is 18.9. The van der Waals surface area contributed by atoms with E-state index in [4.69, 9.17) is 9.47 Å². The number of amides is 2. The van der Waals surface area contributed by atoms with E-state index in [1.807, 2.05) is 25.1 Å². The molecule has 2 amide bonds. The maximum absolute atomic E-state index is 12.8. The van der Waals surface area contributed by atoms with Gasteiger partial charge in [0.15, 0.2) is 0 Å². The van der Waals surface area contributed by atoms with Crippen LogP contribution in [0.4, 0.5) is 10.5 Å². The van der Waals surface area contributed by atoms with Crippen molar-refractivity contribution in [1.29, 1.82) is 0 Å². The van der Waals surface area contributed by atoms with Crippen molar-refractivity contribution in [3.63, 3.8) is 0 Å². The number of hydrogen-bond donors (Lipinski definition) is 2. The highest BCUT2D eigenvalue weighted by atomic mass is 16.6. The van der Waals surface area contributed by atoms with Gasteiger partial charge in [0, 0.05) is 11.6 Å². The molecule has 9 nitrogen and oxygen atoms in total. The summed E-state index contributed by atoms with van der Waals surface area (Å²) in [6.07, 6.45) is -0.602. The number of nitrogens with zero attached hydrogens (tertiary/aromatic N) is 1. The van der Waals surface area contributed by atoms with E-state index in [1.165, 1.54) is 18.2 Å². The maximum atomic E-state index is 12.8. The Labute approximate surface area is 187 Å². The average molecular weight is 444 g/mol. The van der Waals surface area contributed by atoms with Gasteiger partial charge in [0.05, 0.1) is 42.2 Å². The topological polar surface area (TPSA) is 120 Å². The number of carbonyl (C=O) groups is 2. The van der Waals surface area contributed by atoms with Gasteiger partial charge in [-0.05, 0) is 33.8 Å². The van der Waals surface area contributed by atoms with Crippen molar-refractivity contribution >= 4 is 17.7 Å².